The van der Waals surface area contributed by atoms with Crippen molar-refractivity contribution in [2.45, 2.75) is 32.2 Å². The second-order valence-corrected chi connectivity index (χ2v) is 4.38. The van der Waals surface area contributed by atoms with Crippen molar-refractivity contribution in [1.82, 2.24) is 5.32 Å². The highest BCUT2D eigenvalue weighted by atomic mass is 14.9. The molecule has 1 aromatic rings. The lowest BCUT2D eigenvalue weighted by molar-refractivity contribution is 0.512. The van der Waals surface area contributed by atoms with Crippen LogP contribution in [0.4, 0.5) is 0 Å². The van der Waals surface area contributed by atoms with Crippen LogP contribution in [-0.2, 0) is 0 Å². The van der Waals surface area contributed by atoms with Crippen molar-refractivity contribution in [3.63, 3.8) is 0 Å². The molecule has 0 aliphatic heterocycles. The van der Waals surface area contributed by atoms with Crippen LogP contribution in [0.2, 0.25) is 0 Å². The Morgan fingerprint density at radius 3 is 2.64 bits per heavy atom. The molecule has 1 N–H and O–H groups in total. The number of hydrogen-bond donors (Lipinski definition) is 1. The molecule has 1 saturated carbocycles. The van der Waals surface area contributed by atoms with E-state index in [1.807, 2.05) is 0 Å². The number of nitrogens with one attached hydrogen (secondary N) is 1. The van der Waals surface area contributed by atoms with Gasteiger partial charge in [0.05, 0.1) is 0 Å². The SMILES string of the molecule is CNC(CC1CC1)c1ccccc1C. The number of aryl methyl sites for hydroxylation is 1. The molecule has 14 heavy (non-hydrogen) atoms. The molecule has 1 unspecified atom stereocenters. The summed E-state index contributed by atoms with van der Waals surface area (Å²) in [6.45, 7) is 2.20. The first kappa shape index (κ1) is 9.72. The van der Waals surface area contributed by atoms with Gasteiger partial charge in [-0.05, 0) is 37.4 Å². The van der Waals surface area contributed by atoms with Gasteiger partial charge in [0, 0.05) is 6.04 Å². The fourth-order valence-corrected chi connectivity index (χ4v) is 2.06. The Labute approximate surface area is 86.5 Å². The van der Waals surface area contributed by atoms with E-state index < -0.39 is 0 Å². The molecule has 1 nitrogen and oxygen atoms in total. The molecule has 0 radical (unpaired) electrons. The minimum absolute atomic E-state index is 0.559. The van der Waals surface area contributed by atoms with Crippen LogP contribution in [0.25, 0.3) is 0 Å². The van der Waals surface area contributed by atoms with Gasteiger partial charge in [-0.15, -0.1) is 0 Å². The van der Waals surface area contributed by atoms with Gasteiger partial charge in [-0.3, -0.25) is 0 Å². The molecular weight excluding hydrogens is 170 g/mol. The van der Waals surface area contributed by atoms with Crippen LogP contribution >= 0.6 is 0 Å². The van der Waals surface area contributed by atoms with E-state index in [-0.39, 0.29) is 0 Å². The summed E-state index contributed by atoms with van der Waals surface area (Å²) >= 11 is 0. The highest BCUT2D eigenvalue weighted by Crippen LogP contribution is 2.37. The van der Waals surface area contributed by atoms with Crippen LogP contribution in [0, 0.1) is 12.8 Å². The summed E-state index contributed by atoms with van der Waals surface area (Å²) in [5, 5.41) is 3.43. The minimum atomic E-state index is 0.559. The van der Waals surface area contributed by atoms with Gasteiger partial charge in [0.15, 0.2) is 0 Å². The molecule has 1 aliphatic rings. The van der Waals surface area contributed by atoms with Crippen LogP contribution < -0.4 is 5.32 Å². The number of benzene rings is 1. The third-order valence-corrected chi connectivity index (χ3v) is 3.18. The first-order valence-electron chi connectivity index (χ1n) is 5.54. The first-order valence-corrected chi connectivity index (χ1v) is 5.54. The second-order valence-electron chi connectivity index (χ2n) is 4.38. The maximum atomic E-state index is 3.43. The lowest BCUT2D eigenvalue weighted by Gasteiger charge is -2.18. The summed E-state index contributed by atoms with van der Waals surface area (Å²) in [5.41, 5.74) is 2.88. The molecule has 1 aliphatic carbocycles. The van der Waals surface area contributed by atoms with E-state index in [0.717, 1.165) is 5.92 Å². The first-order chi connectivity index (χ1) is 6.81. The van der Waals surface area contributed by atoms with Gasteiger partial charge in [-0.2, -0.15) is 0 Å². The third kappa shape index (κ3) is 2.16. The van der Waals surface area contributed by atoms with Gasteiger partial charge in [0.1, 0.15) is 0 Å². The lowest BCUT2D eigenvalue weighted by Crippen LogP contribution is -2.17. The zero-order valence-corrected chi connectivity index (χ0v) is 9.09. The van der Waals surface area contributed by atoms with E-state index >= 15 is 0 Å². The van der Waals surface area contributed by atoms with Gasteiger partial charge >= 0.3 is 0 Å². The average Bonchev–Trinajstić information content (AvgIpc) is 2.99. The zero-order valence-electron chi connectivity index (χ0n) is 9.09. The fourth-order valence-electron chi connectivity index (χ4n) is 2.06. The van der Waals surface area contributed by atoms with Crippen molar-refractivity contribution >= 4 is 0 Å². The van der Waals surface area contributed by atoms with Crippen molar-refractivity contribution in [1.29, 1.82) is 0 Å². The Hall–Kier alpha value is -0.820. The largest absolute Gasteiger partial charge is 0.313 e. The molecule has 0 aromatic heterocycles. The van der Waals surface area contributed by atoms with Gasteiger partial charge in [-0.1, -0.05) is 37.1 Å². The van der Waals surface area contributed by atoms with Gasteiger partial charge in [-0.25, -0.2) is 0 Å². The Morgan fingerprint density at radius 2 is 2.07 bits per heavy atom. The molecule has 0 amide bonds. The maximum absolute atomic E-state index is 3.43. The molecule has 1 fully saturated rings. The molecule has 1 heteroatoms. The minimum Gasteiger partial charge on any atom is -0.313 e. The van der Waals surface area contributed by atoms with Crippen LogP contribution in [0.5, 0.6) is 0 Å². The summed E-state index contributed by atoms with van der Waals surface area (Å²) in [5.74, 6) is 0.979. The summed E-state index contributed by atoms with van der Waals surface area (Å²) in [7, 11) is 2.07. The predicted octanol–water partition coefficient (Wildman–Crippen LogP) is 3.06. The molecular formula is C13H19N. The molecule has 0 spiro atoms. The summed E-state index contributed by atoms with van der Waals surface area (Å²) in [4.78, 5) is 0. The predicted molar refractivity (Wildman–Crippen MR) is 60.3 cm³/mol. The molecule has 76 valence electrons. The van der Waals surface area contributed by atoms with Crippen molar-refractivity contribution in [2.24, 2.45) is 5.92 Å². The Balaban J connectivity index is 2.12. The molecule has 1 aromatic carbocycles. The smallest absolute Gasteiger partial charge is 0.0322 e. The summed E-state index contributed by atoms with van der Waals surface area (Å²) in [6.07, 6.45) is 4.18. The molecule has 2 rings (SSSR count). The van der Waals surface area contributed by atoms with Crippen molar-refractivity contribution < 1.29 is 0 Å². The van der Waals surface area contributed by atoms with Gasteiger partial charge in [0.2, 0.25) is 0 Å². The topological polar surface area (TPSA) is 12.0 Å². The lowest BCUT2D eigenvalue weighted by atomic mass is 9.97. The third-order valence-electron chi connectivity index (χ3n) is 3.18. The fraction of sp³-hybridized carbons (Fsp3) is 0.538. The van der Waals surface area contributed by atoms with Gasteiger partial charge < -0.3 is 5.32 Å². The Morgan fingerprint density at radius 1 is 1.36 bits per heavy atom. The van der Waals surface area contributed by atoms with E-state index in [1.165, 1.54) is 30.4 Å². The number of hydrogen-bond acceptors (Lipinski definition) is 1. The van der Waals surface area contributed by atoms with E-state index in [2.05, 4.69) is 43.6 Å². The van der Waals surface area contributed by atoms with E-state index in [9.17, 15) is 0 Å². The van der Waals surface area contributed by atoms with Crippen LogP contribution in [0.1, 0.15) is 36.4 Å². The van der Waals surface area contributed by atoms with Crippen LogP contribution in [0.3, 0.4) is 0 Å². The van der Waals surface area contributed by atoms with Crippen molar-refractivity contribution in [3.8, 4) is 0 Å². The Kier molecular flexibility index (Phi) is 2.87. The standard InChI is InChI=1S/C13H19N/c1-10-5-3-4-6-12(10)13(14-2)9-11-7-8-11/h3-6,11,13-14H,7-9H2,1-2H3. The van der Waals surface area contributed by atoms with Crippen molar-refractivity contribution in [2.75, 3.05) is 7.05 Å². The van der Waals surface area contributed by atoms with Crippen LogP contribution in [-0.4, -0.2) is 7.05 Å². The van der Waals surface area contributed by atoms with E-state index in [4.69, 9.17) is 0 Å². The zero-order chi connectivity index (χ0) is 9.97. The molecule has 0 heterocycles. The maximum Gasteiger partial charge on any atom is 0.0322 e. The summed E-state index contributed by atoms with van der Waals surface area (Å²) in [6, 6.07) is 9.26. The monoisotopic (exact) mass is 189 g/mol. The Bertz CT molecular complexity index is 302. The second kappa shape index (κ2) is 4.14. The highest BCUT2D eigenvalue weighted by Gasteiger charge is 2.25. The van der Waals surface area contributed by atoms with Crippen LogP contribution in [0.15, 0.2) is 24.3 Å². The van der Waals surface area contributed by atoms with Crippen molar-refractivity contribution in [3.05, 3.63) is 35.4 Å². The van der Waals surface area contributed by atoms with Gasteiger partial charge in [0.25, 0.3) is 0 Å². The normalized spacial score (nSPS) is 18.1. The van der Waals surface area contributed by atoms with E-state index in [1.54, 1.807) is 0 Å². The summed E-state index contributed by atoms with van der Waals surface area (Å²) < 4.78 is 0. The highest BCUT2D eigenvalue weighted by molar-refractivity contribution is 5.28. The molecule has 1 atom stereocenters. The molecule has 0 bridgehead atoms. The quantitative estimate of drug-likeness (QED) is 0.767. The molecule has 0 saturated heterocycles. The average molecular weight is 189 g/mol. The van der Waals surface area contributed by atoms with E-state index in [0.29, 0.717) is 6.04 Å². The number of rotatable bonds is 4.